The van der Waals surface area contributed by atoms with Crippen molar-refractivity contribution in [2.45, 2.75) is 23.2 Å². The van der Waals surface area contributed by atoms with Gasteiger partial charge in [-0.2, -0.15) is 0 Å². The molecule has 162 valence electrons. The van der Waals surface area contributed by atoms with E-state index in [1.807, 2.05) is 12.1 Å². The molecule has 1 aliphatic heterocycles. The summed E-state index contributed by atoms with van der Waals surface area (Å²) in [7, 11) is -1.26. The van der Waals surface area contributed by atoms with E-state index in [0.29, 0.717) is 19.8 Å². The van der Waals surface area contributed by atoms with Crippen molar-refractivity contribution in [3.63, 3.8) is 0 Å². The molecule has 1 fully saturated rings. The van der Waals surface area contributed by atoms with Crippen LogP contribution in [-0.2, 0) is 25.0 Å². The Bertz CT molecular complexity index is 1010. The van der Waals surface area contributed by atoms with Crippen LogP contribution >= 0.6 is 15.9 Å². The lowest BCUT2D eigenvalue weighted by atomic mass is 9.74. The first-order chi connectivity index (χ1) is 14.3. The molecule has 1 N–H and O–H groups in total. The molecule has 0 radical (unpaired) electrons. The Hall–Kier alpha value is -1.78. The van der Waals surface area contributed by atoms with Crippen molar-refractivity contribution in [3.8, 4) is 0 Å². The number of halogens is 1. The third-order valence-electron chi connectivity index (χ3n) is 5.46. The van der Waals surface area contributed by atoms with Gasteiger partial charge in [-0.1, -0.05) is 38.6 Å². The van der Waals surface area contributed by atoms with E-state index in [1.165, 1.54) is 26.3 Å². The first-order valence-corrected chi connectivity index (χ1v) is 11.8. The molecule has 7 nitrogen and oxygen atoms in total. The zero-order valence-electron chi connectivity index (χ0n) is 16.9. The van der Waals surface area contributed by atoms with Gasteiger partial charge in [0, 0.05) is 42.3 Å². The maximum Gasteiger partial charge on any atom is 0.264 e. The minimum absolute atomic E-state index is 0.00716. The fraction of sp³-hybridized carbons (Fsp3) is 0.381. The number of nitrogens with zero attached hydrogens (tertiary/aromatic N) is 1. The lowest BCUT2D eigenvalue weighted by molar-refractivity contribution is -0.0258. The molecule has 30 heavy (non-hydrogen) atoms. The Balaban J connectivity index is 1.81. The van der Waals surface area contributed by atoms with Crippen LogP contribution in [-0.4, -0.2) is 52.7 Å². The minimum atomic E-state index is -3.83. The summed E-state index contributed by atoms with van der Waals surface area (Å²) in [6.45, 7) is 1.68. The van der Waals surface area contributed by atoms with Gasteiger partial charge in [0.1, 0.15) is 0 Å². The van der Waals surface area contributed by atoms with Crippen molar-refractivity contribution in [1.29, 1.82) is 0 Å². The molecule has 0 spiro atoms. The second-order valence-corrected chi connectivity index (χ2v) is 10.1. The smallest absolute Gasteiger partial charge is 0.264 e. The van der Waals surface area contributed by atoms with E-state index in [1.54, 1.807) is 12.1 Å². The van der Waals surface area contributed by atoms with Gasteiger partial charge in [-0.15, -0.1) is 0 Å². The number of hydrogen-bond donors (Lipinski definition) is 1. The molecule has 1 saturated heterocycles. The number of ether oxygens (including phenoxy) is 1. The number of amides is 1. The van der Waals surface area contributed by atoms with E-state index in [-0.39, 0.29) is 21.8 Å². The van der Waals surface area contributed by atoms with Crippen molar-refractivity contribution < 1.29 is 22.8 Å². The summed E-state index contributed by atoms with van der Waals surface area (Å²) in [5.74, 6) is -0.326. The summed E-state index contributed by atoms with van der Waals surface area (Å²) in [4.78, 5) is 17.6. The number of carbonyl (C=O) groups is 1. The topological polar surface area (TPSA) is 84.9 Å². The van der Waals surface area contributed by atoms with E-state index >= 15 is 0 Å². The summed E-state index contributed by atoms with van der Waals surface area (Å²) in [6.07, 6.45) is 1.58. The van der Waals surface area contributed by atoms with Crippen molar-refractivity contribution in [3.05, 3.63) is 64.1 Å². The van der Waals surface area contributed by atoms with Gasteiger partial charge in [0.2, 0.25) is 0 Å². The fourth-order valence-corrected chi connectivity index (χ4v) is 4.96. The molecule has 0 aliphatic carbocycles. The van der Waals surface area contributed by atoms with E-state index in [0.717, 1.165) is 27.3 Å². The van der Waals surface area contributed by atoms with E-state index in [2.05, 4.69) is 33.4 Å². The molecular formula is C21H25BrN2O5S. The zero-order valence-corrected chi connectivity index (χ0v) is 19.3. The Kier molecular flexibility index (Phi) is 7.30. The van der Waals surface area contributed by atoms with Crippen LogP contribution in [0.2, 0.25) is 0 Å². The fourth-order valence-electron chi connectivity index (χ4n) is 3.54. The van der Waals surface area contributed by atoms with E-state index in [9.17, 15) is 13.2 Å². The summed E-state index contributed by atoms with van der Waals surface area (Å²) in [6, 6.07) is 14.0. The molecule has 9 heteroatoms. The summed E-state index contributed by atoms with van der Waals surface area (Å²) in [5, 5.41) is 3.00. The Morgan fingerprint density at radius 1 is 1.20 bits per heavy atom. The van der Waals surface area contributed by atoms with Crippen LogP contribution in [0.25, 0.3) is 0 Å². The van der Waals surface area contributed by atoms with Gasteiger partial charge >= 0.3 is 0 Å². The number of sulfonamides is 1. The van der Waals surface area contributed by atoms with Gasteiger partial charge in [0.15, 0.2) is 0 Å². The van der Waals surface area contributed by atoms with Crippen molar-refractivity contribution >= 4 is 31.9 Å². The standard InChI is InChI=1S/C21H25BrN2O5S/c1-24(28-2)30(26,27)19-8-3-5-16(13-19)20(25)23-15-21(9-11-29-12-10-21)17-6-4-7-18(22)14-17/h3-8,13-14H,9-12,15H2,1-2H3,(H,23,25). The highest BCUT2D eigenvalue weighted by Crippen LogP contribution is 2.35. The van der Waals surface area contributed by atoms with Crippen LogP contribution in [0, 0.1) is 0 Å². The molecule has 3 rings (SSSR count). The minimum Gasteiger partial charge on any atom is -0.381 e. The largest absolute Gasteiger partial charge is 0.381 e. The molecule has 1 aliphatic rings. The maximum atomic E-state index is 12.9. The van der Waals surface area contributed by atoms with Crippen LogP contribution in [0.4, 0.5) is 0 Å². The van der Waals surface area contributed by atoms with Gasteiger partial charge in [0.05, 0.1) is 12.0 Å². The molecule has 1 heterocycles. The van der Waals surface area contributed by atoms with Gasteiger partial charge < -0.3 is 10.1 Å². The van der Waals surface area contributed by atoms with Crippen molar-refractivity contribution in [1.82, 2.24) is 9.79 Å². The molecule has 2 aromatic rings. The van der Waals surface area contributed by atoms with Crippen LogP contribution in [0.3, 0.4) is 0 Å². The number of hydroxylamine groups is 1. The van der Waals surface area contributed by atoms with Gasteiger partial charge in [0.25, 0.3) is 15.9 Å². The monoisotopic (exact) mass is 496 g/mol. The highest BCUT2D eigenvalue weighted by Gasteiger charge is 2.35. The highest BCUT2D eigenvalue weighted by atomic mass is 79.9. The van der Waals surface area contributed by atoms with Crippen LogP contribution in [0.15, 0.2) is 57.9 Å². The maximum absolute atomic E-state index is 12.9. The molecular weight excluding hydrogens is 472 g/mol. The van der Waals surface area contributed by atoms with Gasteiger partial charge in [-0.3, -0.25) is 9.63 Å². The quantitative estimate of drug-likeness (QED) is 0.595. The van der Waals surface area contributed by atoms with E-state index in [4.69, 9.17) is 9.57 Å². The molecule has 1 amide bonds. The van der Waals surface area contributed by atoms with E-state index < -0.39 is 10.0 Å². The van der Waals surface area contributed by atoms with Crippen LogP contribution < -0.4 is 5.32 Å². The Morgan fingerprint density at radius 2 is 1.90 bits per heavy atom. The lowest BCUT2D eigenvalue weighted by Gasteiger charge is -2.38. The molecule has 0 saturated carbocycles. The lowest BCUT2D eigenvalue weighted by Crippen LogP contribution is -2.44. The van der Waals surface area contributed by atoms with Crippen molar-refractivity contribution in [2.75, 3.05) is 33.9 Å². The predicted molar refractivity (Wildman–Crippen MR) is 117 cm³/mol. The zero-order chi connectivity index (χ0) is 21.8. The van der Waals surface area contributed by atoms with Crippen LogP contribution in [0.5, 0.6) is 0 Å². The summed E-state index contributed by atoms with van der Waals surface area (Å²) in [5.41, 5.74) is 1.17. The summed E-state index contributed by atoms with van der Waals surface area (Å²) < 4.78 is 32.2. The summed E-state index contributed by atoms with van der Waals surface area (Å²) >= 11 is 3.52. The average Bonchev–Trinajstić information content (AvgIpc) is 2.77. The third kappa shape index (κ3) is 4.92. The number of hydrogen-bond acceptors (Lipinski definition) is 5. The Morgan fingerprint density at radius 3 is 2.57 bits per heavy atom. The SMILES string of the molecule is CON(C)S(=O)(=O)c1cccc(C(=O)NCC2(c3cccc(Br)c3)CCOCC2)c1. The highest BCUT2D eigenvalue weighted by molar-refractivity contribution is 9.10. The molecule has 2 aromatic carbocycles. The molecule has 0 bridgehead atoms. The second kappa shape index (κ2) is 9.57. The number of carbonyl (C=O) groups excluding carboxylic acids is 1. The average molecular weight is 497 g/mol. The predicted octanol–water partition coefficient (Wildman–Crippen LogP) is 3.11. The number of benzene rings is 2. The normalized spacial score (nSPS) is 16.4. The molecule has 0 aromatic heterocycles. The van der Waals surface area contributed by atoms with Gasteiger partial charge in [-0.25, -0.2) is 8.42 Å². The van der Waals surface area contributed by atoms with Crippen molar-refractivity contribution in [2.24, 2.45) is 0 Å². The number of nitrogens with one attached hydrogen (secondary N) is 1. The third-order valence-corrected chi connectivity index (χ3v) is 7.63. The van der Waals surface area contributed by atoms with Crippen LogP contribution in [0.1, 0.15) is 28.8 Å². The number of rotatable bonds is 7. The first kappa shape index (κ1) is 22.9. The molecule has 0 unspecified atom stereocenters. The second-order valence-electron chi connectivity index (χ2n) is 7.21. The Labute approximate surface area is 185 Å². The molecule has 0 atom stereocenters. The first-order valence-electron chi connectivity index (χ1n) is 9.54. The van der Waals surface area contributed by atoms with Gasteiger partial charge in [-0.05, 0) is 48.7 Å².